The molecule has 3 aromatic heterocycles. The summed E-state index contributed by atoms with van der Waals surface area (Å²) in [5, 5.41) is 9.29. The summed E-state index contributed by atoms with van der Waals surface area (Å²) in [6.07, 6.45) is 5.74. The highest BCUT2D eigenvalue weighted by molar-refractivity contribution is 9.10. The number of pyridine rings is 1. The molecule has 1 amide bonds. The van der Waals surface area contributed by atoms with E-state index in [9.17, 15) is 4.79 Å². The second-order valence-corrected chi connectivity index (χ2v) is 7.45. The van der Waals surface area contributed by atoms with Crippen molar-refractivity contribution in [2.45, 2.75) is 25.3 Å². The van der Waals surface area contributed by atoms with Crippen LogP contribution in [0.4, 0.5) is 0 Å². The van der Waals surface area contributed by atoms with E-state index in [0.29, 0.717) is 18.0 Å². The number of rotatable bonds is 4. The first-order valence-electron chi connectivity index (χ1n) is 8.20. The number of hydrogen-bond acceptors (Lipinski definition) is 4. The van der Waals surface area contributed by atoms with Crippen LogP contribution in [0.1, 0.15) is 40.5 Å². The quantitative estimate of drug-likeness (QED) is 0.672. The van der Waals surface area contributed by atoms with Gasteiger partial charge >= 0.3 is 0 Å². The second-order valence-electron chi connectivity index (χ2n) is 6.60. The molecule has 0 atom stereocenters. The lowest BCUT2D eigenvalue weighted by Crippen LogP contribution is -2.27. The molecule has 3 aromatic rings. The number of carbonyl (C=O) groups excluding carboxylic acids is 1. The normalized spacial score (nSPS) is 14.2. The second kappa shape index (κ2) is 5.94. The number of amides is 1. The van der Waals surface area contributed by atoms with E-state index in [1.807, 2.05) is 20.2 Å². The van der Waals surface area contributed by atoms with Crippen LogP contribution in [0.3, 0.4) is 0 Å². The van der Waals surface area contributed by atoms with E-state index in [-0.39, 0.29) is 5.91 Å². The molecule has 1 aliphatic rings. The molecule has 0 saturated heterocycles. The van der Waals surface area contributed by atoms with E-state index in [0.717, 1.165) is 39.7 Å². The minimum absolute atomic E-state index is 0.0320. The average Bonchev–Trinajstić information content (AvgIpc) is 3.33. The van der Waals surface area contributed by atoms with Crippen molar-refractivity contribution < 1.29 is 4.79 Å². The molecule has 0 spiro atoms. The van der Waals surface area contributed by atoms with Crippen molar-refractivity contribution in [3.63, 3.8) is 0 Å². The Labute approximate surface area is 153 Å². The van der Waals surface area contributed by atoms with E-state index in [2.05, 4.69) is 26.1 Å². The van der Waals surface area contributed by atoms with Crippen LogP contribution in [0.15, 0.2) is 22.9 Å². The molecule has 0 aliphatic heterocycles. The summed E-state index contributed by atoms with van der Waals surface area (Å²) in [5.74, 6) is 0.442. The highest BCUT2D eigenvalue weighted by Crippen LogP contribution is 2.40. The zero-order valence-electron chi connectivity index (χ0n) is 14.4. The fourth-order valence-electron chi connectivity index (χ4n) is 3.02. The molecule has 1 aliphatic carbocycles. The van der Waals surface area contributed by atoms with Gasteiger partial charge in [-0.1, -0.05) is 0 Å². The number of hydrogen-bond donors (Lipinski definition) is 0. The number of fused-ring (bicyclic) bond motifs is 1. The van der Waals surface area contributed by atoms with Crippen LogP contribution in [-0.4, -0.2) is 42.4 Å². The molecule has 4 rings (SSSR count). The van der Waals surface area contributed by atoms with Gasteiger partial charge < -0.3 is 4.90 Å². The fraction of sp³-hybridized carbons (Fsp3) is 0.412. The summed E-state index contributed by atoms with van der Waals surface area (Å²) in [7, 11) is 5.54. The van der Waals surface area contributed by atoms with Crippen LogP contribution < -0.4 is 0 Å². The summed E-state index contributed by atoms with van der Waals surface area (Å²) in [5.41, 5.74) is 3.38. The Kier molecular flexibility index (Phi) is 3.87. The molecular weight excluding hydrogens is 384 g/mol. The molecule has 0 bridgehead atoms. The van der Waals surface area contributed by atoms with Gasteiger partial charge in [-0.3, -0.25) is 14.2 Å². The topological polar surface area (TPSA) is 68.8 Å². The molecule has 0 unspecified atom stereocenters. The Morgan fingerprint density at radius 3 is 2.64 bits per heavy atom. The summed E-state index contributed by atoms with van der Waals surface area (Å²) in [4.78, 5) is 19.5. The Bertz CT molecular complexity index is 952. The van der Waals surface area contributed by atoms with Crippen molar-refractivity contribution in [2.24, 2.45) is 14.1 Å². The van der Waals surface area contributed by atoms with Gasteiger partial charge in [-0.05, 0) is 34.8 Å². The van der Waals surface area contributed by atoms with Crippen molar-refractivity contribution in [1.82, 2.24) is 29.4 Å². The minimum atomic E-state index is -0.0320. The molecule has 0 N–H and O–H groups in total. The van der Waals surface area contributed by atoms with Gasteiger partial charge in [-0.25, -0.2) is 4.98 Å². The first kappa shape index (κ1) is 16.3. The van der Waals surface area contributed by atoms with Crippen LogP contribution in [0.5, 0.6) is 0 Å². The predicted octanol–water partition coefficient (Wildman–Crippen LogP) is 2.61. The van der Waals surface area contributed by atoms with E-state index >= 15 is 0 Å². The molecule has 8 heteroatoms. The summed E-state index contributed by atoms with van der Waals surface area (Å²) in [6.45, 7) is 0.471. The van der Waals surface area contributed by atoms with Gasteiger partial charge in [0.15, 0.2) is 5.65 Å². The lowest BCUT2D eigenvalue weighted by Gasteiger charge is -2.18. The van der Waals surface area contributed by atoms with Gasteiger partial charge in [-0.15, -0.1) is 0 Å². The lowest BCUT2D eigenvalue weighted by molar-refractivity contribution is 0.0783. The molecule has 1 saturated carbocycles. The van der Waals surface area contributed by atoms with Crippen molar-refractivity contribution in [1.29, 1.82) is 0 Å². The minimum Gasteiger partial charge on any atom is -0.336 e. The average molecular weight is 403 g/mol. The van der Waals surface area contributed by atoms with Gasteiger partial charge in [-0.2, -0.15) is 10.2 Å². The summed E-state index contributed by atoms with van der Waals surface area (Å²) < 4.78 is 4.40. The Hall–Kier alpha value is -2.22. The van der Waals surface area contributed by atoms with Crippen LogP contribution >= 0.6 is 15.9 Å². The van der Waals surface area contributed by atoms with E-state index in [1.54, 1.807) is 33.7 Å². The molecule has 130 valence electrons. The lowest BCUT2D eigenvalue weighted by atomic mass is 10.1. The summed E-state index contributed by atoms with van der Waals surface area (Å²) in [6, 6.07) is 1.94. The first-order valence-corrected chi connectivity index (χ1v) is 8.99. The monoisotopic (exact) mass is 402 g/mol. The molecule has 1 fully saturated rings. The number of halogens is 1. The Morgan fingerprint density at radius 1 is 1.28 bits per heavy atom. The maximum Gasteiger partial charge on any atom is 0.254 e. The largest absolute Gasteiger partial charge is 0.336 e. The fourth-order valence-corrected chi connectivity index (χ4v) is 3.49. The summed E-state index contributed by atoms with van der Waals surface area (Å²) >= 11 is 3.49. The van der Waals surface area contributed by atoms with E-state index in [4.69, 9.17) is 4.98 Å². The number of carbonyl (C=O) groups is 1. The zero-order valence-corrected chi connectivity index (χ0v) is 16.0. The van der Waals surface area contributed by atoms with Gasteiger partial charge in [0.05, 0.1) is 40.1 Å². The van der Waals surface area contributed by atoms with Crippen molar-refractivity contribution in [2.75, 3.05) is 7.05 Å². The SMILES string of the molecule is CN(Cc1c(Br)cnn1C)C(=O)c1cc(C2CC2)nc2c1cnn2C. The van der Waals surface area contributed by atoms with Gasteiger partial charge in [0.25, 0.3) is 5.91 Å². The Balaban J connectivity index is 1.71. The van der Waals surface area contributed by atoms with Crippen LogP contribution in [0.2, 0.25) is 0 Å². The highest BCUT2D eigenvalue weighted by atomic mass is 79.9. The molecule has 0 radical (unpaired) electrons. The standard InChI is InChI=1S/C17H19BrN6O/c1-22(9-15-13(18)8-20-23(15)2)17(25)11-6-14(10-4-5-10)21-16-12(11)7-19-24(16)3/h6-8,10H,4-5,9H2,1-3H3. The van der Waals surface area contributed by atoms with Gasteiger partial charge in [0, 0.05) is 32.8 Å². The smallest absolute Gasteiger partial charge is 0.254 e. The third kappa shape index (κ3) is 2.84. The molecule has 0 aromatic carbocycles. The molecule has 25 heavy (non-hydrogen) atoms. The molecular formula is C17H19BrN6O. The number of aromatic nitrogens is 5. The van der Waals surface area contributed by atoms with Crippen molar-refractivity contribution in [3.8, 4) is 0 Å². The third-order valence-electron chi connectivity index (χ3n) is 4.70. The number of nitrogens with zero attached hydrogens (tertiary/aromatic N) is 6. The van der Waals surface area contributed by atoms with Crippen molar-refractivity contribution >= 4 is 32.9 Å². The predicted molar refractivity (Wildman–Crippen MR) is 97.2 cm³/mol. The van der Waals surface area contributed by atoms with E-state index < -0.39 is 0 Å². The number of aryl methyl sites for hydroxylation is 2. The molecule has 7 nitrogen and oxygen atoms in total. The maximum atomic E-state index is 13.1. The van der Waals surface area contributed by atoms with Crippen LogP contribution in [0, 0.1) is 0 Å². The van der Waals surface area contributed by atoms with Gasteiger partial charge in [0.2, 0.25) is 0 Å². The van der Waals surface area contributed by atoms with Gasteiger partial charge in [0.1, 0.15) is 0 Å². The van der Waals surface area contributed by atoms with Crippen LogP contribution in [0.25, 0.3) is 11.0 Å². The third-order valence-corrected chi connectivity index (χ3v) is 5.36. The molecule has 3 heterocycles. The highest BCUT2D eigenvalue weighted by Gasteiger charge is 2.28. The maximum absolute atomic E-state index is 13.1. The van der Waals surface area contributed by atoms with Crippen molar-refractivity contribution in [3.05, 3.63) is 39.9 Å². The van der Waals surface area contributed by atoms with E-state index in [1.165, 1.54) is 0 Å². The zero-order chi connectivity index (χ0) is 17.7. The first-order chi connectivity index (χ1) is 12.0. The van der Waals surface area contributed by atoms with Crippen LogP contribution in [-0.2, 0) is 20.6 Å². The Morgan fingerprint density at radius 2 is 2.00 bits per heavy atom.